The van der Waals surface area contributed by atoms with Crippen molar-refractivity contribution >= 4 is 17.8 Å². The Hall–Kier alpha value is -1.59. The third-order valence-corrected chi connectivity index (χ3v) is 8.77. The Morgan fingerprint density at radius 3 is 1.22 bits per heavy atom. The zero-order valence-electron chi connectivity index (χ0n) is 30.2. The van der Waals surface area contributed by atoms with Crippen molar-refractivity contribution in [2.24, 2.45) is 0 Å². The van der Waals surface area contributed by atoms with Crippen molar-refractivity contribution < 1.29 is 23.9 Å². The maximum atomic E-state index is 12.9. The molecular formula is C39H75NO5. The van der Waals surface area contributed by atoms with Gasteiger partial charge in [-0.05, 0) is 25.7 Å². The van der Waals surface area contributed by atoms with Crippen LogP contribution in [0, 0.1) is 0 Å². The molecule has 0 fully saturated rings. The summed E-state index contributed by atoms with van der Waals surface area (Å²) in [6, 6.07) is -0.796. The van der Waals surface area contributed by atoms with Gasteiger partial charge in [-0.2, -0.15) is 0 Å². The number of rotatable bonds is 35. The van der Waals surface area contributed by atoms with Crippen molar-refractivity contribution in [2.45, 2.75) is 219 Å². The van der Waals surface area contributed by atoms with Crippen molar-refractivity contribution in [3.8, 4) is 0 Å². The van der Waals surface area contributed by atoms with Crippen LogP contribution >= 0.6 is 0 Å². The number of hydrogen-bond donors (Lipinski definition) is 1. The van der Waals surface area contributed by atoms with Crippen LogP contribution < -0.4 is 5.32 Å². The highest BCUT2D eigenvalue weighted by molar-refractivity contribution is 5.85. The fraction of sp³-hybridized carbons (Fsp3) is 0.923. The van der Waals surface area contributed by atoms with Crippen LogP contribution in [0.4, 0.5) is 0 Å². The molecule has 266 valence electrons. The average Bonchev–Trinajstić information content (AvgIpc) is 3.03. The molecule has 1 N–H and O–H groups in total. The van der Waals surface area contributed by atoms with Crippen molar-refractivity contribution in [2.75, 3.05) is 13.2 Å². The maximum absolute atomic E-state index is 12.9. The fourth-order valence-corrected chi connectivity index (χ4v) is 5.73. The lowest BCUT2D eigenvalue weighted by atomic mass is 10.0. The molecule has 0 aliphatic heterocycles. The van der Waals surface area contributed by atoms with E-state index >= 15 is 0 Å². The minimum Gasteiger partial charge on any atom is -0.466 e. The zero-order chi connectivity index (χ0) is 33.1. The monoisotopic (exact) mass is 638 g/mol. The van der Waals surface area contributed by atoms with Crippen LogP contribution in [0.25, 0.3) is 0 Å². The molecule has 0 aliphatic carbocycles. The fourth-order valence-electron chi connectivity index (χ4n) is 5.73. The second-order valence-corrected chi connectivity index (χ2v) is 13.3. The van der Waals surface area contributed by atoms with Gasteiger partial charge in [0.2, 0.25) is 5.91 Å². The van der Waals surface area contributed by atoms with Gasteiger partial charge in [0, 0.05) is 12.8 Å². The van der Waals surface area contributed by atoms with Gasteiger partial charge in [-0.1, -0.05) is 175 Å². The minimum absolute atomic E-state index is 0.104. The molecule has 1 atom stereocenters. The van der Waals surface area contributed by atoms with Crippen LogP contribution in [0.2, 0.25) is 0 Å². The molecule has 45 heavy (non-hydrogen) atoms. The quantitative estimate of drug-likeness (QED) is 0.0552. The molecule has 0 rings (SSSR count). The summed E-state index contributed by atoms with van der Waals surface area (Å²) in [6.07, 6.45) is 33.2. The van der Waals surface area contributed by atoms with Gasteiger partial charge in [0.05, 0.1) is 13.2 Å². The minimum atomic E-state index is -0.796. The molecular weight excluding hydrogens is 562 g/mol. The van der Waals surface area contributed by atoms with Gasteiger partial charge < -0.3 is 14.8 Å². The first-order chi connectivity index (χ1) is 22.0. The number of unbranched alkanes of at least 4 members (excludes halogenated alkanes) is 24. The molecule has 0 saturated carbocycles. The molecule has 0 radical (unpaired) electrons. The second-order valence-electron chi connectivity index (χ2n) is 13.3. The SMILES string of the molecule is CCCCCCCCCCCCCC(=O)N[C@@H](CCC(=O)OCCCCCCCC)C(=O)OCCCCCCCCCCCC. The van der Waals surface area contributed by atoms with Crippen molar-refractivity contribution in [3.63, 3.8) is 0 Å². The van der Waals surface area contributed by atoms with E-state index in [9.17, 15) is 14.4 Å². The van der Waals surface area contributed by atoms with Gasteiger partial charge in [0.1, 0.15) is 6.04 Å². The van der Waals surface area contributed by atoms with E-state index in [1.165, 1.54) is 122 Å². The molecule has 0 saturated heterocycles. The summed E-state index contributed by atoms with van der Waals surface area (Å²) in [7, 11) is 0. The van der Waals surface area contributed by atoms with Crippen LogP contribution in [-0.2, 0) is 23.9 Å². The third kappa shape index (κ3) is 32.2. The topological polar surface area (TPSA) is 81.7 Å². The lowest BCUT2D eigenvalue weighted by molar-refractivity contribution is -0.149. The Morgan fingerprint density at radius 1 is 0.444 bits per heavy atom. The standard InChI is InChI=1S/C39H75NO5/c1-4-7-10-13-16-18-20-21-23-25-28-31-37(41)40-36(32-33-38(42)44-34-29-26-15-12-9-6-3)39(43)45-35-30-27-24-22-19-17-14-11-8-5-2/h36H,4-35H2,1-3H3,(H,40,41)/t36-/m0/s1. The van der Waals surface area contributed by atoms with E-state index in [1.54, 1.807) is 0 Å². The molecule has 6 heteroatoms. The zero-order valence-corrected chi connectivity index (χ0v) is 30.2. The Bertz CT molecular complexity index is 668. The van der Waals surface area contributed by atoms with E-state index in [0.717, 1.165) is 51.4 Å². The van der Waals surface area contributed by atoms with Crippen LogP contribution in [0.3, 0.4) is 0 Å². The molecule has 0 aromatic heterocycles. The summed E-state index contributed by atoms with van der Waals surface area (Å²) in [5, 5.41) is 2.87. The predicted molar refractivity (Wildman–Crippen MR) is 189 cm³/mol. The van der Waals surface area contributed by atoms with Gasteiger partial charge in [-0.3, -0.25) is 9.59 Å². The van der Waals surface area contributed by atoms with Gasteiger partial charge in [-0.25, -0.2) is 4.79 Å². The number of ether oxygens (including phenoxy) is 2. The molecule has 0 unspecified atom stereocenters. The highest BCUT2D eigenvalue weighted by atomic mass is 16.5. The first kappa shape index (κ1) is 43.4. The van der Waals surface area contributed by atoms with Gasteiger partial charge in [-0.15, -0.1) is 0 Å². The highest BCUT2D eigenvalue weighted by Gasteiger charge is 2.23. The summed E-state index contributed by atoms with van der Waals surface area (Å²) in [6.45, 7) is 7.48. The molecule has 6 nitrogen and oxygen atoms in total. The Morgan fingerprint density at radius 2 is 0.800 bits per heavy atom. The summed E-state index contributed by atoms with van der Waals surface area (Å²) >= 11 is 0. The first-order valence-electron chi connectivity index (χ1n) is 19.7. The van der Waals surface area contributed by atoms with E-state index in [-0.39, 0.29) is 24.7 Å². The number of carbonyl (C=O) groups excluding carboxylic acids is 3. The molecule has 0 heterocycles. The molecule has 0 spiro atoms. The van der Waals surface area contributed by atoms with Crippen LogP contribution in [0.5, 0.6) is 0 Å². The van der Waals surface area contributed by atoms with E-state index in [0.29, 0.717) is 19.6 Å². The smallest absolute Gasteiger partial charge is 0.328 e. The molecule has 0 aromatic rings. The molecule has 0 aromatic carbocycles. The Kier molecular flexibility index (Phi) is 34.0. The predicted octanol–water partition coefficient (Wildman–Crippen LogP) is 11.3. The largest absolute Gasteiger partial charge is 0.466 e. The molecule has 0 bridgehead atoms. The second kappa shape index (κ2) is 35.3. The van der Waals surface area contributed by atoms with Crippen LogP contribution in [0.1, 0.15) is 213 Å². The van der Waals surface area contributed by atoms with E-state index in [4.69, 9.17) is 9.47 Å². The number of amides is 1. The van der Waals surface area contributed by atoms with Crippen LogP contribution in [-0.4, -0.2) is 37.1 Å². The van der Waals surface area contributed by atoms with E-state index in [1.807, 2.05) is 0 Å². The van der Waals surface area contributed by atoms with Crippen molar-refractivity contribution in [3.05, 3.63) is 0 Å². The lowest BCUT2D eigenvalue weighted by Crippen LogP contribution is -2.42. The van der Waals surface area contributed by atoms with Crippen molar-refractivity contribution in [1.29, 1.82) is 0 Å². The summed E-state index contributed by atoms with van der Waals surface area (Å²) < 4.78 is 11.0. The summed E-state index contributed by atoms with van der Waals surface area (Å²) in [5.41, 5.74) is 0. The first-order valence-corrected chi connectivity index (χ1v) is 19.7. The average molecular weight is 638 g/mol. The number of carbonyl (C=O) groups is 3. The maximum Gasteiger partial charge on any atom is 0.328 e. The van der Waals surface area contributed by atoms with Gasteiger partial charge in [0.15, 0.2) is 0 Å². The normalized spacial score (nSPS) is 11.8. The number of hydrogen-bond acceptors (Lipinski definition) is 5. The highest BCUT2D eigenvalue weighted by Crippen LogP contribution is 2.14. The van der Waals surface area contributed by atoms with E-state index < -0.39 is 12.0 Å². The summed E-state index contributed by atoms with van der Waals surface area (Å²) in [4.78, 5) is 38.0. The Labute approximate surface area is 279 Å². The summed E-state index contributed by atoms with van der Waals surface area (Å²) in [5.74, 6) is -0.871. The molecule has 0 aliphatic rings. The number of esters is 2. The van der Waals surface area contributed by atoms with Gasteiger partial charge >= 0.3 is 11.9 Å². The Balaban J connectivity index is 4.35. The van der Waals surface area contributed by atoms with Crippen molar-refractivity contribution in [1.82, 2.24) is 5.32 Å². The van der Waals surface area contributed by atoms with E-state index in [2.05, 4.69) is 26.1 Å². The van der Waals surface area contributed by atoms with Gasteiger partial charge in [0.25, 0.3) is 0 Å². The lowest BCUT2D eigenvalue weighted by Gasteiger charge is -2.18. The third-order valence-electron chi connectivity index (χ3n) is 8.77. The van der Waals surface area contributed by atoms with Crippen LogP contribution in [0.15, 0.2) is 0 Å². The number of nitrogens with one attached hydrogen (secondary N) is 1. The molecule has 1 amide bonds.